The highest BCUT2D eigenvalue weighted by atomic mass is 35.5. The number of hydrogen-bond donors (Lipinski definition) is 2. The van der Waals surface area contributed by atoms with Gasteiger partial charge in [0.15, 0.2) is 0 Å². The van der Waals surface area contributed by atoms with E-state index in [1.807, 2.05) is 12.1 Å². The number of nitrogens with two attached hydrogens (primary N) is 1. The number of nitrogens with zero attached hydrogens (tertiary/aromatic N) is 1. The average Bonchev–Trinajstić information content (AvgIpc) is 3.20. The smallest absolute Gasteiger partial charge is 0.265 e. The number of rotatable bonds is 6. The maximum absolute atomic E-state index is 13.4. The molecule has 1 heterocycles. The second-order valence-corrected chi connectivity index (χ2v) is 9.59. The van der Waals surface area contributed by atoms with Gasteiger partial charge in [-0.3, -0.25) is 13.9 Å². The summed E-state index contributed by atoms with van der Waals surface area (Å²) in [6.45, 7) is 0.301. The highest BCUT2D eigenvalue weighted by molar-refractivity contribution is 7.93. The van der Waals surface area contributed by atoms with Crippen molar-refractivity contribution in [3.8, 4) is 0 Å². The predicted octanol–water partition coefficient (Wildman–Crippen LogP) is 3.37. The van der Waals surface area contributed by atoms with Crippen molar-refractivity contribution in [2.75, 3.05) is 16.2 Å². The summed E-state index contributed by atoms with van der Waals surface area (Å²) < 4.78 is 28.1. The number of primary amides is 1. The lowest BCUT2D eigenvalue weighted by Crippen LogP contribution is -2.29. The van der Waals surface area contributed by atoms with Gasteiger partial charge >= 0.3 is 0 Å². The standard InChI is InChI=1S/C23H20ClN3O4S/c24-18-10-9-17(23(29)26-19-7-3-1-6-16(19)14-22(25)28)13-21(18)32(30,31)27-12-11-15-5-2-4-8-20(15)27/h1-10,13H,11-12,14H2,(H2,25,28)(H,26,29). The van der Waals surface area contributed by atoms with E-state index >= 15 is 0 Å². The quantitative estimate of drug-likeness (QED) is 0.576. The maximum Gasteiger partial charge on any atom is 0.265 e. The van der Waals surface area contributed by atoms with E-state index in [0.29, 0.717) is 29.9 Å². The molecule has 0 saturated carbocycles. The monoisotopic (exact) mass is 469 g/mol. The molecule has 7 nitrogen and oxygen atoms in total. The Bertz CT molecular complexity index is 1320. The molecule has 9 heteroatoms. The first-order chi connectivity index (χ1) is 15.3. The van der Waals surface area contributed by atoms with Crippen LogP contribution in [0.25, 0.3) is 0 Å². The van der Waals surface area contributed by atoms with Gasteiger partial charge in [-0.15, -0.1) is 0 Å². The van der Waals surface area contributed by atoms with Crippen LogP contribution in [0.3, 0.4) is 0 Å². The average molecular weight is 470 g/mol. The Labute approximate surface area is 190 Å². The Morgan fingerprint density at radius 2 is 1.75 bits per heavy atom. The van der Waals surface area contributed by atoms with Crippen LogP contribution >= 0.6 is 11.6 Å². The van der Waals surface area contributed by atoms with E-state index in [-0.39, 0.29) is 21.9 Å². The Balaban J connectivity index is 1.65. The molecule has 3 aromatic carbocycles. The number of amides is 2. The van der Waals surface area contributed by atoms with Crippen LogP contribution in [0.15, 0.2) is 71.6 Å². The summed E-state index contributed by atoms with van der Waals surface area (Å²) >= 11 is 6.24. The zero-order valence-corrected chi connectivity index (χ0v) is 18.5. The second kappa shape index (κ2) is 8.64. The molecule has 0 saturated heterocycles. The number of fused-ring (bicyclic) bond motifs is 1. The lowest BCUT2D eigenvalue weighted by atomic mass is 10.1. The number of carbonyl (C=O) groups excluding carboxylic acids is 2. The molecule has 164 valence electrons. The molecule has 0 aromatic heterocycles. The van der Waals surface area contributed by atoms with Crippen LogP contribution in [0.4, 0.5) is 11.4 Å². The molecule has 32 heavy (non-hydrogen) atoms. The van der Waals surface area contributed by atoms with E-state index in [9.17, 15) is 18.0 Å². The summed E-state index contributed by atoms with van der Waals surface area (Å²) in [5, 5.41) is 2.75. The number of nitrogens with one attached hydrogen (secondary N) is 1. The molecule has 0 aliphatic carbocycles. The summed E-state index contributed by atoms with van der Waals surface area (Å²) in [6.07, 6.45) is 0.564. The third kappa shape index (κ3) is 4.19. The molecule has 0 bridgehead atoms. The molecule has 3 aromatic rings. The number of benzene rings is 3. The molecular formula is C23H20ClN3O4S. The Morgan fingerprint density at radius 3 is 2.53 bits per heavy atom. The van der Waals surface area contributed by atoms with Crippen molar-refractivity contribution < 1.29 is 18.0 Å². The van der Waals surface area contributed by atoms with E-state index in [2.05, 4.69) is 5.32 Å². The van der Waals surface area contributed by atoms with Crippen molar-refractivity contribution in [2.45, 2.75) is 17.7 Å². The molecule has 0 radical (unpaired) electrons. The Morgan fingerprint density at radius 1 is 1.03 bits per heavy atom. The summed E-state index contributed by atoms with van der Waals surface area (Å²) in [6, 6.07) is 18.2. The van der Waals surface area contributed by atoms with Gasteiger partial charge in [0.05, 0.1) is 17.1 Å². The van der Waals surface area contributed by atoms with Crippen LogP contribution in [0.5, 0.6) is 0 Å². The minimum atomic E-state index is -3.98. The van der Waals surface area contributed by atoms with Gasteiger partial charge in [0, 0.05) is 17.8 Å². The van der Waals surface area contributed by atoms with E-state index in [0.717, 1.165) is 5.56 Å². The van der Waals surface area contributed by atoms with Crippen LogP contribution in [-0.2, 0) is 27.7 Å². The first-order valence-electron chi connectivity index (χ1n) is 9.85. The van der Waals surface area contributed by atoms with Crippen molar-refractivity contribution >= 4 is 44.8 Å². The zero-order valence-electron chi connectivity index (χ0n) is 16.9. The van der Waals surface area contributed by atoms with Gasteiger partial charge < -0.3 is 11.1 Å². The summed E-state index contributed by atoms with van der Waals surface area (Å²) in [4.78, 5) is 24.0. The fourth-order valence-corrected chi connectivity index (χ4v) is 5.70. The van der Waals surface area contributed by atoms with Gasteiger partial charge in [-0.05, 0) is 47.9 Å². The molecule has 0 atom stereocenters. The van der Waals surface area contributed by atoms with E-state index < -0.39 is 21.8 Å². The van der Waals surface area contributed by atoms with Gasteiger partial charge in [0.25, 0.3) is 15.9 Å². The molecule has 0 spiro atoms. The largest absolute Gasteiger partial charge is 0.369 e. The number of para-hydroxylation sites is 2. The SMILES string of the molecule is NC(=O)Cc1ccccc1NC(=O)c1ccc(Cl)c(S(=O)(=O)N2CCc3ccccc32)c1. The number of anilines is 2. The first-order valence-corrected chi connectivity index (χ1v) is 11.7. The van der Waals surface area contributed by atoms with Crippen LogP contribution < -0.4 is 15.4 Å². The molecule has 3 N–H and O–H groups in total. The van der Waals surface area contributed by atoms with Crippen molar-refractivity contribution in [2.24, 2.45) is 5.73 Å². The molecule has 1 aliphatic heterocycles. The number of halogens is 1. The molecule has 1 aliphatic rings. The van der Waals surface area contributed by atoms with E-state index in [1.54, 1.807) is 36.4 Å². The van der Waals surface area contributed by atoms with E-state index in [4.69, 9.17) is 17.3 Å². The van der Waals surface area contributed by atoms with Gasteiger partial charge in [0.2, 0.25) is 5.91 Å². The molecule has 2 amide bonds. The fraction of sp³-hybridized carbons (Fsp3) is 0.130. The molecule has 0 unspecified atom stereocenters. The lowest BCUT2D eigenvalue weighted by molar-refractivity contribution is -0.117. The number of sulfonamides is 1. The Hall–Kier alpha value is -3.36. The van der Waals surface area contributed by atoms with Gasteiger partial charge in [-0.1, -0.05) is 48.0 Å². The topological polar surface area (TPSA) is 110 Å². The van der Waals surface area contributed by atoms with E-state index in [1.165, 1.54) is 22.5 Å². The van der Waals surface area contributed by atoms with Crippen molar-refractivity contribution in [3.05, 3.63) is 88.4 Å². The molecule has 4 rings (SSSR count). The number of hydrogen-bond acceptors (Lipinski definition) is 4. The lowest BCUT2D eigenvalue weighted by Gasteiger charge is -2.20. The van der Waals surface area contributed by atoms with Crippen LogP contribution in [0, 0.1) is 0 Å². The first kappa shape index (κ1) is 21.9. The van der Waals surface area contributed by atoms with Crippen molar-refractivity contribution in [1.82, 2.24) is 0 Å². The second-order valence-electron chi connectivity index (χ2n) is 7.36. The van der Waals surface area contributed by atoms with Gasteiger partial charge in [-0.2, -0.15) is 0 Å². The Kier molecular flexibility index (Phi) is 5.90. The third-order valence-electron chi connectivity index (χ3n) is 5.24. The predicted molar refractivity (Wildman–Crippen MR) is 123 cm³/mol. The number of carbonyl (C=O) groups is 2. The van der Waals surface area contributed by atoms with Crippen molar-refractivity contribution in [1.29, 1.82) is 0 Å². The van der Waals surface area contributed by atoms with Crippen LogP contribution in [0.1, 0.15) is 21.5 Å². The summed E-state index contributed by atoms with van der Waals surface area (Å²) in [7, 11) is -3.98. The molecule has 0 fully saturated rings. The zero-order chi connectivity index (χ0) is 22.9. The van der Waals surface area contributed by atoms with Gasteiger partial charge in [0.1, 0.15) is 4.90 Å². The normalized spacial score (nSPS) is 13.0. The van der Waals surface area contributed by atoms with Crippen LogP contribution in [-0.4, -0.2) is 26.8 Å². The highest BCUT2D eigenvalue weighted by Gasteiger charge is 2.32. The van der Waals surface area contributed by atoms with Crippen molar-refractivity contribution in [3.63, 3.8) is 0 Å². The summed E-state index contributed by atoms with van der Waals surface area (Å²) in [5.41, 5.74) is 7.92. The maximum atomic E-state index is 13.4. The minimum absolute atomic E-state index is 0.0278. The summed E-state index contributed by atoms with van der Waals surface area (Å²) in [5.74, 6) is -1.06. The van der Waals surface area contributed by atoms with Crippen LogP contribution in [0.2, 0.25) is 5.02 Å². The highest BCUT2D eigenvalue weighted by Crippen LogP contribution is 2.35. The molecular weight excluding hydrogens is 450 g/mol. The fourth-order valence-electron chi connectivity index (χ4n) is 3.70. The minimum Gasteiger partial charge on any atom is -0.369 e. The van der Waals surface area contributed by atoms with Gasteiger partial charge in [-0.25, -0.2) is 8.42 Å². The third-order valence-corrected chi connectivity index (χ3v) is 7.53.